The Labute approximate surface area is 136 Å². The van der Waals surface area contributed by atoms with Gasteiger partial charge in [-0.1, -0.05) is 6.92 Å². The minimum atomic E-state index is -0.822. The molecule has 2 atom stereocenters. The maximum atomic E-state index is 12.6. The van der Waals surface area contributed by atoms with Crippen molar-refractivity contribution in [3.05, 3.63) is 23.9 Å². The first-order valence-electron chi connectivity index (χ1n) is 8.27. The fraction of sp³-hybridized carbons (Fsp3) is 0.588. The normalized spacial score (nSPS) is 24.7. The number of hydrogen-bond donors (Lipinski definition) is 1. The first kappa shape index (κ1) is 15.8. The summed E-state index contributed by atoms with van der Waals surface area (Å²) in [5, 5.41) is 9.23. The molecule has 0 bridgehead atoms. The SMILES string of the molecule is CC1CC(C(=O)O)CN(C(=O)c2ccc(N3CCCC3)nc2)C1. The van der Waals surface area contributed by atoms with E-state index in [-0.39, 0.29) is 18.4 Å². The van der Waals surface area contributed by atoms with Gasteiger partial charge in [0, 0.05) is 32.4 Å². The number of aromatic nitrogens is 1. The van der Waals surface area contributed by atoms with Gasteiger partial charge < -0.3 is 14.9 Å². The maximum Gasteiger partial charge on any atom is 0.308 e. The standard InChI is InChI=1S/C17H23N3O3/c1-12-8-14(17(22)23)11-20(10-12)16(21)13-4-5-15(18-9-13)19-6-2-3-7-19/h4-5,9,12,14H,2-3,6-8,10-11H2,1H3,(H,22,23). The lowest BCUT2D eigenvalue weighted by atomic mass is 9.90. The molecule has 2 fully saturated rings. The summed E-state index contributed by atoms with van der Waals surface area (Å²) in [4.78, 5) is 32.1. The minimum Gasteiger partial charge on any atom is -0.481 e. The molecule has 6 heteroatoms. The van der Waals surface area contributed by atoms with Crippen molar-refractivity contribution in [3.8, 4) is 0 Å². The number of piperidine rings is 1. The van der Waals surface area contributed by atoms with Crippen LogP contribution in [0, 0.1) is 11.8 Å². The zero-order valence-corrected chi connectivity index (χ0v) is 13.4. The largest absolute Gasteiger partial charge is 0.481 e. The second-order valence-electron chi connectivity index (χ2n) is 6.69. The van der Waals surface area contributed by atoms with Crippen LogP contribution in [0.1, 0.15) is 36.5 Å². The third-order valence-electron chi connectivity index (χ3n) is 4.72. The fourth-order valence-electron chi connectivity index (χ4n) is 3.52. The van der Waals surface area contributed by atoms with Crippen LogP contribution in [0.3, 0.4) is 0 Å². The highest BCUT2D eigenvalue weighted by molar-refractivity contribution is 5.94. The smallest absolute Gasteiger partial charge is 0.308 e. The van der Waals surface area contributed by atoms with E-state index in [1.165, 1.54) is 12.8 Å². The van der Waals surface area contributed by atoms with Crippen LogP contribution < -0.4 is 4.90 Å². The first-order chi connectivity index (χ1) is 11.0. The van der Waals surface area contributed by atoms with E-state index in [9.17, 15) is 14.7 Å². The number of rotatable bonds is 3. The number of carboxylic acid groups (broad SMARTS) is 1. The predicted octanol–water partition coefficient (Wildman–Crippen LogP) is 1.86. The van der Waals surface area contributed by atoms with Crippen LogP contribution in [0.4, 0.5) is 5.82 Å². The number of nitrogens with zero attached hydrogens (tertiary/aromatic N) is 3. The number of carbonyl (C=O) groups excluding carboxylic acids is 1. The molecule has 3 rings (SSSR count). The number of carbonyl (C=O) groups is 2. The zero-order chi connectivity index (χ0) is 16.4. The summed E-state index contributed by atoms with van der Waals surface area (Å²) < 4.78 is 0. The molecular formula is C17H23N3O3. The van der Waals surface area contributed by atoms with E-state index in [1.807, 2.05) is 13.0 Å². The van der Waals surface area contributed by atoms with Gasteiger partial charge in [-0.15, -0.1) is 0 Å². The highest BCUT2D eigenvalue weighted by Gasteiger charge is 2.32. The van der Waals surface area contributed by atoms with Crippen LogP contribution in [-0.2, 0) is 4.79 Å². The zero-order valence-electron chi connectivity index (χ0n) is 13.4. The number of aliphatic carboxylic acids is 1. The Bertz CT molecular complexity index is 581. The topological polar surface area (TPSA) is 73.7 Å². The number of carboxylic acids is 1. The van der Waals surface area contributed by atoms with Crippen molar-refractivity contribution in [1.29, 1.82) is 0 Å². The van der Waals surface area contributed by atoms with Gasteiger partial charge in [0.1, 0.15) is 5.82 Å². The van der Waals surface area contributed by atoms with Crippen molar-refractivity contribution in [2.45, 2.75) is 26.2 Å². The van der Waals surface area contributed by atoms with Crippen LogP contribution in [0.2, 0.25) is 0 Å². The molecule has 23 heavy (non-hydrogen) atoms. The highest BCUT2D eigenvalue weighted by Crippen LogP contribution is 2.24. The summed E-state index contributed by atoms with van der Waals surface area (Å²) in [5.41, 5.74) is 0.534. The molecule has 0 radical (unpaired) electrons. The Balaban J connectivity index is 1.70. The average Bonchev–Trinajstić information content (AvgIpc) is 3.08. The lowest BCUT2D eigenvalue weighted by Crippen LogP contribution is -2.45. The van der Waals surface area contributed by atoms with Gasteiger partial charge in [-0.3, -0.25) is 9.59 Å². The molecule has 2 aliphatic heterocycles. The Morgan fingerprint density at radius 2 is 1.96 bits per heavy atom. The number of likely N-dealkylation sites (tertiary alicyclic amines) is 1. The van der Waals surface area contributed by atoms with Crippen LogP contribution in [0.15, 0.2) is 18.3 Å². The molecule has 1 aromatic heterocycles. The van der Waals surface area contributed by atoms with Gasteiger partial charge in [-0.2, -0.15) is 0 Å². The minimum absolute atomic E-state index is 0.122. The summed E-state index contributed by atoms with van der Waals surface area (Å²) >= 11 is 0. The van der Waals surface area contributed by atoms with Crippen LogP contribution in [0.5, 0.6) is 0 Å². The van der Waals surface area contributed by atoms with E-state index in [4.69, 9.17) is 0 Å². The molecule has 2 saturated heterocycles. The van der Waals surface area contributed by atoms with Gasteiger partial charge in [-0.25, -0.2) is 4.98 Å². The third-order valence-corrected chi connectivity index (χ3v) is 4.72. The van der Waals surface area contributed by atoms with Gasteiger partial charge in [-0.05, 0) is 37.3 Å². The molecule has 1 aromatic rings. The highest BCUT2D eigenvalue weighted by atomic mass is 16.4. The molecule has 3 heterocycles. The van der Waals surface area contributed by atoms with Gasteiger partial charge >= 0.3 is 5.97 Å². The summed E-state index contributed by atoms with van der Waals surface area (Å²) in [6, 6.07) is 3.69. The van der Waals surface area contributed by atoms with E-state index in [2.05, 4.69) is 9.88 Å². The van der Waals surface area contributed by atoms with E-state index < -0.39 is 11.9 Å². The van der Waals surface area contributed by atoms with Crippen molar-refractivity contribution >= 4 is 17.7 Å². The molecular weight excluding hydrogens is 294 g/mol. The van der Waals surface area contributed by atoms with Crippen molar-refractivity contribution in [2.75, 3.05) is 31.1 Å². The molecule has 0 aliphatic carbocycles. The van der Waals surface area contributed by atoms with Gasteiger partial charge in [0.25, 0.3) is 5.91 Å². The molecule has 1 amide bonds. The molecule has 1 N–H and O–H groups in total. The third kappa shape index (κ3) is 3.46. The quantitative estimate of drug-likeness (QED) is 0.921. The molecule has 124 valence electrons. The van der Waals surface area contributed by atoms with Crippen molar-refractivity contribution in [2.24, 2.45) is 11.8 Å². The molecule has 2 unspecified atom stereocenters. The first-order valence-corrected chi connectivity index (χ1v) is 8.27. The van der Waals surface area contributed by atoms with Crippen LogP contribution in [0.25, 0.3) is 0 Å². The second kappa shape index (κ2) is 6.56. The monoisotopic (exact) mass is 317 g/mol. The van der Waals surface area contributed by atoms with Crippen molar-refractivity contribution in [3.63, 3.8) is 0 Å². The van der Waals surface area contributed by atoms with E-state index in [0.717, 1.165) is 18.9 Å². The van der Waals surface area contributed by atoms with Crippen molar-refractivity contribution < 1.29 is 14.7 Å². The summed E-state index contributed by atoms with van der Waals surface area (Å²) in [5.74, 6) is -0.306. The Morgan fingerprint density at radius 1 is 1.22 bits per heavy atom. The van der Waals surface area contributed by atoms with E-state index >= 15 is 0 Å². The Morgan fingerprint density at radius 3 is 2.57 bits per heavy atom. The molecule has 0 saturated carbocycles. The van der Waals surface area contributed by atoms with E-state index in [1.54, 1.807) is 17.2 Å². The molecule has 0 spiro atoms. The number of amides is 1. The number of anilines is 1. The van der Waals surface area contributed by atoms with Gasteiger partial charge in [0.15, 0.2) is 0 Å². The van der Waals surface area contributed by atoms with Gasteiger partial charge in [0.2, 0.25) is 0 Å². The average molecular weight is 317 g/mol. The number of hydrogen-bond acceptors (Lipinski definition) is 4. The summed E-state index contributed by atoms with van der Waals surface area (Å²) in [7, 11) is 0. The predicted molar refractivity (Wildman–Crippen MR) is 86.5 cm³/mol. The second-order valence-corrected chi connectivity index (χ2v) is 6.69. The molecule has 0 aromatic carbocycles. The van der Waals surface area contributed by atoms with Gasteiger partial charge in [0.05, 0.1) is 11.5 Å². The Hall–Kier alpha value is -2.11. The maximum absolute atomic E-state index is 12.6. The molecule has 2 aliphatic rings. The van der Waals surface area contributed by atoms with Crippen molar-refractivity contribution in [1.82, 2.24) is 9.88 Å². The van der Waals surface area contributed by atoms with Crippen LogP contribution in [-0.4, -0.2) is 53.0 Å². The summed E-state index contributed by atoms with van der Waals surface area (Å²) in [6.45, 7) is 4.92. The van der Waals surface area contributed by atoms with Crippen LogP contribution >= 0.6 is 0 Å². The lowest BCUT2D eigenvalue weighted by molar-refractivity contribution is -0.143. The number of pyridine rings is 1. The lowest BCUT2D eigenvalue weighted by Gasteiger charge is -2.34. The fourth-order valence-corrected chi connectivity index (χ4v) is 3.52. The summed E-state index contributed by atoms with van der Waals surface area (Å²) in [6.07, 6.45) is 4.62. The molecule has 6 nitrogen and oxygen atoms in total. The van der Waals surface area contributed by atoms with E-state index in [0.29, 0.717) is 18.5 Å². The Kier molecular flexibility index (Phi) is 4.50.